The van der Waals surface area contributed by atoms with E-state index in [1.165, 1.54) is 0 Å². The molecular formula is C17H16N4O2. The van der Waals surface area contributed by atoms with E-state index < -0.39 is 5.91 Å². The topological polar surface area (TPSA) is 92.3 Å². The molecule has 0 radical (unpaired) electrons. The van der Waals surface area contributed by atoms with Crippen molar-refractivity contribution in [1.29, 1.82) is 0 Å². The molecule has 0 atom stereocenters. The van der Waals surface area contributed by atoms with Crippen LogP contribution in [-0.4, -0.2) is 34.6 Å². The minimum atomic E-state index is -0.445. The van der Waals surface area contributed by atoms with Crippen LogP contribution >= 0.6 is 0 Å². The molecule has 23 heavy (non-hydrogen) atoms. The van der Waals surface area contributed by atoms with Crippen LogP contribution in [0.2, 0.25) is 0 Å². The summed E-state index contributed by atoms with van der Waals surface area (Å²) < 4.78 is 0. The summed E-state index contributed by atoms with van der Waals surface area (Å²) in [7, 11) is 1.74. The minimum absolute atomic E-state index is 0.0429. The van der Waals surface area contributed by atoms with E-state index in [2.05, 4.69) is 9.97 Å². The van der Waals surface area contributed by atoms with E-state index in [4.69, 9.17) is 5.73 Å². The number of benzene rings is 2. The Hall–Kier alpha value is -3.15. The van der Waals surface area contributed by atoms with Crippen LogP contribution in [0.4, 0.5) is 5.82 Å². The SMILES string of the molecule is CN(CC(N)=O)c1nc(-c2ccccc2O)nc2ccccc12. The summed E-state index contributed by atoms with van der Waals surface area (Å²) >= 11 is 0. The Labute approximate surface area is 133 Å². The van der Waals surface area contributed by atoms with Crippen LogP contribution in [-0.2, 0) is 4.79 Å². The van der Waals surface area contributed by atoms with Crippen molar-refractivity contribution in [3.8, 4) is 17.1 Å². The van der Waals surface area contributed by atoms with Gasteiger partial charge in [-0.2, -0.15) is 0 Å². The fourth-order valence-electron chi connectivity index (χ4n) is 2.44. The summed E-state index contributed by atoms with van der Waals surface area (Å²) in [4.78, 5) is 21.9. The van der Waals surface area contributed by atoms with Crippen molar-refractivity contribution in [2.24, 2.45) is 5.73 Å². The third-order valence-electron chi connectivity index (χ3n) is 3.48. The molecule has 0 bridgehead atoms. The number of carbonyl (C=O) groups excluding carboxylic acids is 1. The molecular weight excluding hydrogens is 292 g/mol. The van der Waals surface area contributed by atoms with Crippen LogP contribution in [0.25, 0.3) is 22.3 Å². The van der Waals surface area contributed by atoms with Crippen LogP contribution in [0.3, 0.4) is 0 Å². The Kier molecular flexibility index (Phi) is 3.80. The molecule has 0 aliphatic heterocycles. The number of carbonyl (C=O) groups is 1. The van der Waals surface area contributed by atoms with Crippen molar-refractivity contribution in [2.45, 2.75) is 0 Å². The highest BCUT2D eigenvalue weighted by atomic mass is 16.3. The molecule has 0 fully saturated rings. The van der Waals surface area contributed by atoms with Crippen molar-refractivity contribution in [1.82, 2.24) is 9.97 Å². The Morgan fingerprint density at radius 1 is 1.13 bits per heavy atom. The lowest BCUT2D eigenvalue weighted by molar-refractivity contribution is -0.116. The molecule has 1 amide bonds. The van der Waals surface area contributed by atoms with Crippen molar-refractivity contribution >= 4 is 22.6 Å². The third kappa shape index (κ3) is 2.91. The lowest BCUT2D eigenvalue weighted by Gasteiger charge is -2.19. The van der Waals surface area contributed by atoms with Crippen LogP contribution in [0, 0.1) is 0 Å². The average Bonchev–Trinajstić information content (AvgIpc) is 2.53. The van der Waals surface area contributed by atoms with E-state index in [0.717, 1.165) is 10.9 Å². The number of hydrogen-bond donors (Lipinski definition) is 2. The molecule has 3 aromatic rings. The monoisotopic (exact) mass is 308 g/mol. The predicted octanol–water partition coefficient (Wildman–Crippen LogP) is 1.92. The molecule has 3 N–H and O–H groups in total. The average molecular weight is 308 g/mol. The molecule has 6 nitrogen and oxygen atoms in total. The van der Waals surface area contributed by atoms with E-state index in [1.54, 1.807) is 36.2 Å². The van der Waals surface area contributed by atoms with Crippen molar-refractivity contribution in [3.63, 3.8) is 0 Å². The quantitative estimate of drug-likeness (QED) is 0.768. The Morgan fingerprint density at radius 2 is 1.83 bits per heavy atom. The third-order valence-corrected chi connectivity index (χ3v) is 3.48. The fraction of sp³-hybridized carbons (Fsp3) is 0.118. The molecule has 0 aliphatic rings. The summed E-state index contributed by atoms with van der Waals surface area (Å²) in [6.07, 6.45) is 0. The number of amides is 1. The normalized spacial score (nSPS) is 10.7. The Morgan fingerprint density at radius 3 is 2.57 bits per heavy atom. The van der Waals surface area contributed by atoms with E-state index in [0.29, 0.717) is 17.2 Å². The zero-order valence-corrected chi connectivity index (χ0v) is 12.6. The van der Waals surface area contributed by atoms with E-state index in [1.807, 2.05) is 24.3 Å². The number of nitrogens with zero attached hydrogens (tertiary/aromatic N) is 3. The van der Waals surface area contributed by atoms with E-state index >= 15 is 0 Å². The van der Waals surface area contributed by atoms with Gasteiger partial charge in [0.1, 0.15) is 11.6 Å². The highest BCUT2D eigenvalue weighted by Crippen LogP contribution is 2.30. The van der Waals surface area contributed by atoms with Crippen LogP contribution in [0.1, 0.15) is 0 Å². The number of likely N-dealkylation sites (N-methyl/N-ethyl adjacent to an activating group) is 1. The smallest absolute Gasteiger partial charge is 0.236 e. The second-order valence-corrected chi connectivity index (χ2v) is 5.23. The summed E-state index contributed by atoms with van der Waals surface area (Å²) in [5.41, 5.74) is 6.55. The highest BCUT2D eigenvalue weighted by molar-refractivity contribution is 5.92. The molecule has 116 valence electrons. The van der Waals surface area contributed by atoms with E-state index in [-0.39, 0.29) is 12.3 Å². The zero-order chi connectivity index (χ0) is 16.4. The standard InChI is InChI=1S/C17H16N4O2/c1-21(10-15(18)23)17-11-6-2-4-8-13(11)19-16(20-17)12-7-3-5-9-14(12)22/h2-9,22H,10H2,1H3,(H2,18,23). The number of aromatic hydroxyl groups is 1. The van der Waals surface area contributed by atoms with Gasteiger partial charge in [-0.15, -0.1) is 0 Å². The number of phenolic OH excluding ortho intramolecular Hbond substituents is 1. The number of para-hydroxylation sites is 2. The molecule has 0 spiro atoms. The van der Waals surface area contributed by atoms with Gasteiger partial charge in [0.2, 0.25) is 5.91 Å². The summed E-state index contributed by atoms with van der Waals surface area (Å²) in [6, 6.07) is 14.4. The lowest BCUT2D eigenvalue weighted by atomic mass is 10.1. The number of aromatic nitrogens is 2. The Bertz CT molecular complexity index is 879. The van der Waals surface area contributed by atoms with E-state index in [9.17, 15) is 9.90 Å². The first-order valence-corrected chi connectivity index (χ1v) is 7.11. The molecule has 3 rings (SSSR count). The van der Waals surface area contributed by atoms with Crippen LogP contribution in [0.15, 0.2) is 48.5 Å². The maximum absolute atomic E-state index is 11.2. The van der Waals surface area contributed by atoms with Gasteiger partial charge in [0.05, 0.1) is 17.6 Å². The fourth-order valence-corrected chi connectivity index (χ4v) is 2.44. The second-order valence-electron chi connectivity index (χ2n) is 5.23. The van der Waals surface area contributed by atoms with Gasteiger partial charge in [-0.3, -0.25) is 4.79 Å². The van der Waals surface area contributed by atoms with Gasteiger partial charge in [-0.25, -0.2) is 9.97 Å². The van der Waals surface area contributed by atoms with Gasteiger partial charge in [-0.05, 0) is 24.3 Å². The maximum atomic E-state index is 11.2. The summed E-state index contributed by atoms with van der Waals surface area (Å²) in [5, 5.41) is 10.9. The first-order valence-electron chi connectivity index (χ1n) is 7.11. The van der Waals surface area contributed by atoms with Crippen molar-refractivity contribution in [3.05, 3.63) is 48.5 Å². The number of anilines is 1. The molecule has 0 saturated heterocycles. The van der Waals surface area contributed by atoms with Gasteiger partial charge in [-0.1, -0.05) is 24.3 Å². The second kappa shape index (κ2) is 5.92. The maximum Gasteiger partial charge on any atom is 0.236 e. The Balaban J connectivity index is 2.22. The largest absolute Gasteiger partial charge is 0.507 e. The first-order chi connectivity index (χ1) is 11.1. The molecule has 0 unspecified atom stereocenters. The van der Waals surface area contributed by atoms with Gasteiger partial charge in [0.15, 0.2) is 5.82 Å². The molecule has 1 aromatic heterocycles. The van der Waals surface area contributed by atoms with Crippen molar-refractivity contribution < 1.29 is 9.90 Å². The van der Waals surface area contributed by atoms with Crippen molar-refractivity contribution in [2.75, 3.05) is 18.5 Å². The number of fused-ring (bicyclic) bond motifs is 1. The summed E-state index contributed by atoms with van der Waals surface area (Å²) in [5.74, 6) is 0.645. The summed E-state index contributed by atoms with van der Waals surface area (Å²) in [6.45, 7) is 0.0429. The molecule has 0 aliphatic carbocycles. The van der Waals surface area contributed by atoms with Gasteiger partial charge in [0.25, 0.3) is 0 Å². The lowest BCUT2D eigenvalue weighted by Crippen LogP contribution is -2.31. The number of rotatable bonds is 4. The number of primary amides is 1. The first kappa shape index (κ1) is 14.8. The van der Waals surface area contributed by atoms with Crippen LogP contribution in [0.5, 0.6) is 5.75 Å². The van der Waals surface area contributed by atoms with Crippen LogP contribution < -0.4 is 10.6 Å². The number of hydrogen-bond acceptors (Lipinski definition) is 5. The molecule has 2 aromatic carbocycles. The number of nitrogens with two attached hydrogens (primary N) is 1. The van der Waals surface area contributed by atoms with Gasteiger partial charge >= 0.3 is 0 Å². The zero-order valence-electron chi connectivity index (χ0n) is 12.6. The molecule has 0 saturated carbocycles. The minimum Gasteiger partial charge on any atom is -0.507 e. The van der Waals surface area contributed by atoms with Gasteiger partial charge in [0, 0.05) is 12.4 Å². The molecule has 6 heteroatoms. The molecule has 1 heterocycles. The highest BCUT2D eigenvalue weighted by Gasteiger charge is 2.15. The predicted molar refractivity (Wildman–Crippen MR) is 89.1 cm³/mol. The number of phenols is 1. The van der Waals surface area contributed by atoms with Gasteiger partial charge < -0.3 is 15.7 Å².